The number of unbranched alkanes of at least 4 members (excludes halogenated alkanes) is 9. The molecule has 0 saturated heterocycles. The summed E-state index contributed by atoms with van der Waals surface area (Å²) in [5, 5.41) is 8.80. The maximum atomic E-state index is 11.5. The van der Waals surface area contributed by atoms with Crippen molar-refractivity contribution in [3.05, 3.63) is 22.3 Å². The van der Waals surface area contributed by atoms with Gasteiger partial charge in [-0.05, 0) is 76.5 Å². The molecule has 0 saturated carbocycles. The zero-order valence-corrected chi connectivity index (χ0v) is 20.6. The van der Waals surface area contributed by atoms with Crippen LogP contribution >= 0.6 is 0 Å². The fraction of sp³-hybridized carbons (Fsp3) is 0.741. The maximum Gasteiger partial charge on any atom is 0.308 e. The van der Waals surface area contributed by atoms with Gasteiger partial charge < -0.3 is 14.6 Å². The molecule has 0 radical (unpaired) electrons. The van der Waals surface area contributed by atoms with E-state index in [4.69, 9.17) is 14.6 Å². The minimum absolute atomic E-state index is 0.105. The number of rotatable bonds is 13. The lowest BCUT2D eigenvalue weighted by Crippen LogP contribution is -2.37. The van der Waals surface area contributed by atoms with E-state index in [-0.39, 0.29) is 11.6 Å². The van der Waals surface area contributed by atoms with Gasteiger partial charge in [-0.2, -0.15) is 0 Å². The number of fused-ring (bicyclic) bond motifs is 1. The molecule has 1 aliphatic heterocycles. The Morgan fingerprint density at radius 1 is 0.903 bits per heavy atom. The smallest absolute Gasteiger partial charge is 0.308 e. The molecule has 0 aromatic heterocycles. The molecule has 1 N–H and O–H groups in total. The Labute approximate surface area is 189 Å². The molecule has 1 atom stereocenters. The number of ether oxygens (including phenoxy) is 2. The van der Waals surface area contributed by atoms with Gasteiger partial charge in [-0.3, -0.25) is 4.79 Å². The third-order valence-corrected chi connectivity index (χ3v) is 6.92. The second-order valence-electron chi connectivity index (χ2n) is 9.67. The fourth-order valence-corrected chi connectivity index (χ4v) is 4.78. The summed E-state index contributed by atoms with van der Waals surface area (Å²) in [4.78, 5) is 11.5. The predicted octanol–water partition coefficient (Wildman–Crippen LogP) is 6.90. The van der Waals surface area contributed by atoms with Crippen LogP contribution in [0.1, 0.15) is 113 Å². The Morgan fingerprint density at radius 2 is 1.45 bits per heavy atom. The van der Waals surface area contributed by atoms with Crippen molar-refractivity contribution in [3.63, 3.8) is 0 Å². The quantitative estimate of drug-likeness (QED) is 0.209. The predicted molar refractivity (Wildman–Crippen MR) is 127 cm³/mol. The highest BCUT2D eigenvalue weighted by molar-refractivity contribution is 5.72. The van der Waals surface area contributed by atoms with Gasteiger partial charge >= 0.3 is 5.97 Å². The van der Waals surface area contributed by atoms with E-state index < -0.39 is 0 Å². The summed E-state index contributed by atoms with van der Waals surface area (Å²) in [5.41, 5.74) is 4.25. The highest BCUT2D eigenvalue weighted by Gasteiger charge is 2.34. The van der Waals surface area contributed by atoms with E-state index in [9.17, 15) is 4.79 Å². The molecule has 2 rings (SSSR count). The Balaban J connectivity index is 1.79. The molecule has 1 heterocycles. The summed E-state index contributed by atoms with van der Waals surface area (Å²) in [7, 11) is 0. The highest BCUT2D eigenvalue weighted by Crippen LogP contribution is 2.44. The topological polar surface area (TPSA) is 55.8 Å². The van der Waals surface area contributed by atoms with Crippen molar-refractivity contribution in [2.75, 3.05) is 6.61 Å². The third kappa shape index (κ3) is 7.52. The Bertz CT molecular complexity index is 725. The summed E-state index contributed by atoms with van der Waals surface area (Å²) in [6.45, 7) is 10.2. The summed E-state index contributed by atoms with van der Waals surface area (Å²) in [6.07, 6.45) is 15.6. The van der Waals surface area contributed by atoms with Crippen molar-refractivity contribution in [1.29, 1.82) is 0 Å². The molecular formula is C27H44O4. The lowest BCUT2D eigenvalue weighted by Gasteiger charge is -2.38. The van der Waals surface area contributed by atoms with Gasteiger partial charge in [0.1, 0.15) is 17.1 Å². The zero-order valence-electron chi connectivity index (χ0n) is 20.6. The SMILES string of the molecule is CC(=O)Oc1c(C)c(C)c2c(c1C)CCC(C)(CCCCCCCCCCCCO)O2. The van der Waals surface area contributed by atoms with E-state index in [1.54, 1.807) is 0 Å². The van der Waals surface area contributed by atoms with Gasteiger partial charge in [-0.25, -0.2) is 0 Å². The minimum Gasteiger partial charge on any atom is -0.487 e. The van der Waals surface area contributed by atoms with Crippen molar-refractivity contribution in [2.24, 2.45) is 0 Å². The van der Waals surface area contributed by atoms with E-state index >= 15 is 0 Å². The summed E-state index contributed by atoms with van der Waals surface area (Å²) in [6, 6.07) is 0. The van der Waals surface area contributed by atoms with Crippen molar-refractivity contribution >= 4 is 5.97 Å². The van der Waals surface area contributed by atoms with Crippen molar-refractivity contribution < 1.29 is 19.4 Å². The maximum absolute atomic E-state index is 11.5. The van der Waals surface area contributed by atoms with Crippen LogP contribution in [0.25, 0.3) is 0 Å². The Hall–Kier alpha value is -1.55. The van der Waals surface area contributed by atoms with Crippen LogP contribution in [-0.2, 0) is 11.2 Å². The number of carbonyl (C=O) groups is 1. The number of benzene rings is 1. The zero-order chi connectivity index (χ0) is 22.9. The third-order valence-electron chi connectivity index (χ3n) is 6.92. The monoisotopic (exact) mass is 432 g/mol. The molecule has 1 unspecified atom stereocenters. The van der Waals surface area contributed by atoms with Crippen LogP contribution in [0.4, 0.5) is 0 Å². The van der Waals surface area contributed by atoms with Crippen LogP contribution in [0.15, 0.2) is 0 Å². The van der Waals surface area contributed by atoms with Crippen LogP contribution in [-0.4, -0.2) is 23.3 Å². The Kier molecular flexibility index (Phi) is 10.3. The fourth-order valence-electron chi connectivity index (χ4n) is 4.78. The highest BCUT2D eigenvalue weighted by atomic mass is 16.5. The molecule has 176 valence electrons. The summed E-state index contributed by atoms with van der Waals surface area (Å²) >= 11 is 0. The largest absolute Gasteiger partial charge is 0.487 e. The molecule has 4 nitrogen and oxygen atoms in total. The molecular weight excluding hydrogens is 388 g/mol. The number of hydrogen-bond acceptors (Lipinski definition) is 4. The molecule has 4 heteroatoms. The Morgan fingerprint density at radius 3 is 2.00 bits per heavy atom. The molecule has 0 spiro atoms. The summed E-state index contributed by atoms with van der Waals surface area (Å²) < 4.78 is 12.1. The van der Waals surface area contributed by atoms with Crippen LogP contribution < -0.4 is 9.47 Å². The van der Waals surface area contributed by atoms with Crippen LogP contribution in [0.5, 0.6) is 11.5 Å². The number of hydrogen-bond donors (Lipinski definition) is 1. The van der Waals surface area contributed by atoms with Crippen LogP contribution in [0.3, 0.4) is 0 Å². The average Bonchev–Trinajstić information content (AvgIpc) is 2.73. The molecule has 0 fully saturated rings. The van der Waals surface area contributed by atoms with Gasteiger partial charge in [-0.15, -0.1) is 0 Å². The van der Waals surface area contributed by atoms with Crippen molar-refractivity contribution in [2.45, 2.75) is 124 Å². The number of carbonyl (C=O) groups excluding carboxylic acids is 1. The first-order chi connectivity index (χ1) is 14.8. The van der Waals surface area contributed by atoms with Crippen molar-refractivity contribution in [3.8, 4) is 11.5 Å². The molecule has 0 bridgehead atoms. The standard InChI is InChI=1S/C27H44O4/c1-20-21(2)26-24(22(3)25(20)30-23(4)29)16-18-27(5,31-26)17-14-12-10-8-6-7-9-11-13-15-19-28/h28H,6-19H2,1-5H3. The average molecular weight is 433 g/mol. The molecule has 1 aromatic carbocycles. The van der Waals surface area contributed by atoms with Crippen LogP contribution in [0.2, 0.25) is 0 Å². The van der Waals surface area contributed by atoms with E-state index in [0.717, 1.165) is 48.1 Å². The van der Waals surface area contributed by atoms with E-state index in [2.05, 4.69) is 13.8 Å². The first-order valence-electron chi connectivity index (χ1n) is 12.4. The second kappa shape index (κ2) is 12.5. The molecule has 1 aromatic rings. The van der Waals surface area contributed by atoms with Gasteiger partial charge in [0.15, 0.2) is 0 Å². The number of esters is 1. The van der Waals surface area contributed by atoms with E-state index in [0.29, 0.717) is 12.4 Å². The first kappa shape index (κ1) is 25.7. The number of aliphatic hydroxyl groups is 1. The van der Waals surface area contributed by atoms with Gasteiger partial charge in [0, 0.05) is 19.1 Å². The first-order valence-corrected chi connectivity index (χ1v) is 12.4. The normalized spacial score (nSPS) is 17.9. The molecule has 31 heavy (non-hydrogen) atoms. The van der Waals surface area contributed by atoms with E-state index in [1.165, 1.54) is 70.3 Å². The lowest BCUT2D eigenvalue weighted by atomic mass is 9.84. The van der Waals surface area contributed by atoms with Gasteiger partial charge in [-0.1, -0.05) is 51.4 Å². The van der Waals surface area contributed by atoms with E-state index in [1.807, 2.05) is 13.8 Å². The lowest BCUT2D eigenvalue weighted by molar-refractivity contribution is -0.132. The van der Waals surface area contributed by atoms with Gasteiger partial charge in [0.25, 0.3) is 0 Å². The second-order valence-corrected chi connectivity index (χ2v) is 9.67. The van der Waals surface area contributed by atoms with Crippen molar-refractivity contribution in [1.82, 2.24) is 0 Å². The van der Waals surface area contributed by atoms with Crippen LogP contribution in [0, 0.1) is 20.8 Å². The van der Waals surface area contributed by atoms with Gasteiger partial charge in [0.2, 0.25) is 0 Å². The molecule has 0 amide bonds. The van der Waals surface area contributed by atoms with Gasteiger partial charge in [0.05, 0.1) is 0 Å². The summed E-state index contributed by atoms with van der Waals surface area (Å²) in [5.74, 6) is 1.46. The number of aliphatic hydroxyl groups excluding tert-OH is 1. The molecule has 0 aliphatic carbocycles. The minimum atomic E-state index is -0.270. The molecule has 1 aliphatic rings.